The maximum Gasteiger partial charge on any atom is 0.224 e. The molecule has 2 heterocycles. The van der Waals surface area contributed by atoms with E-state index in [1.165, 1.54) is 0 Å². The van der Waals surface area contributed by atoms with E-state index >= 15 is 0 Å². The van der Waals surface area contributed by atoms with E-state index in [-0.39, 0.29) is 12.3 Å². The Hall–Kier alpha value is -4.27. The number of rotatable bonds is 9. The van der Waals surface area contributed by atoms with E-state index in [1.54, 1.807) is 46.6 Å². The predicted octanol–water partition coefficient (Wildman–Crippen LogP) is 4.62. The number of anilines is 1. The van der Waals surface area contributed by atoms with Crippen LogP contribution in [-0.4, -0.2) is 48.9 Å². The van der Waals surface area contributed by atoms with Crippen LogP contribution in [0.25, 0.3) is 16.9 Å². The molecule has 0 radical (unpaired) electrons. The zero-order valence-electron chi connectivity index (χ0n) is 21.3. The number of aromatic nitrogens is 3. The van der Waals surface area contributed by atoms with Gasteiger partial charge in [0.25, 0.3) is 0 Å². The van der Waals surface area contributed by atoms with Crippen LogP contribution in [0.1, 0.15) is 23.4 Å². The van der Waals surface area contributed by atoms with E-state index in [0.29, 0.717) is 35.1 Å². The Morgan fingerprint density at radius 1 is 0.889 bits per heavy atom. The monoisotopic (exact) mass is 490 g/mol. The third-order valence-corrected chi connectivity index (χ3v) is 6.13. The number of methoxy groups -OCH3 is 4. The normalized spacial score (nSPS) is 10.8. The third kappa shape index (κ3) is 4.91. The molecule has 0 unspecified atom stereocenters. The molecule has 9 heteroatoms. The van der Waals surface area contributed by atoms with E-state index in [9.17, 15) is 4.79 Å². The highest BCUT2D eigenvalue weighted by Crippen LogP contribution is 2.33. The van der Waals surface area contributed by atoms with Crippen molar-refractivity contribution in [3.63, 3.8) is 0 Å². The van der Waals surface area contributed by atoms with E-state index < -0.39 is 0 Å². The summed E-state index contributed by atoms with van der Waals surface area (Å²) in [6, 6.07) is 12.8. The van der Waals surface area contributed by atoms with Crippen molar-refractivity contribution in [2.24, 2.45) is 0 Å². The molecule has 0 aliphatic carbocycles. The lowest BCUT2D eigenvalue weighted by Gasteiger charge is -2.13. The van der Waals surface area contributed by atoms with Gasteiger partial charge in [-0.05, 0) is 50.1 Å². The fraction of sp³-hybridized carbons (Fsp3) is 0.296. The third-order valence-electron chi connectivity index (χ3n) is 6.13. The van der Waals surface area contributed by atoms with Gasteiger partial charge in [0.2, 0.25) is 5.91 Å². The Labute approximate surface area is 210 Å². The first kappa shape index (κ1) is 24.8. The molecular weight excluding hydrogens is 460 g/mol. The van der Waals surface area contributed by atoms with Gasteiger partial charge in [-0.2, -0.15) is 5.10 Å². The Balaban J connectivity index is 1.57. The Morgan fingerprint density at radius 2 is 1.58 bits per heavy atom. The molecule has 0 saturated carbocycles. The molecule has 2 aromatic heterocycles. The van der Waals surface area contributed by atoms with E-state index in [2.05, 4.69) is 5.32 Å². The highest BCUT2D eigenvalue weighted by Gasteiger charge is 2.17. The van der Waals surface area contributed by atoms with Gasteiger partial charge in [-0.1, -0.05) is 0 Å². The van der Waals surface area contributed by atoms with Crippen molar-refractivity contribution in [2.45, 2.75) is 26.7 Å². The van der Waals surface area contributed by atoms with Gasteiger partial charge in [0, 0.05) is 41.6 Å². The highest BCUT2D eigenvalue weighted by atomic mass is 16.5. The summed E-state index contributed by atoms with van der Waals surface area (Å²) in [7, 11) is 6.37. The van der Waals surface area contributed by atoms with Crippen molar-refractivity contribution >= 4 is 17.2 Å². The quantitative estimate of drug-likeness (QED) is 0.366. The van der Waals surface area contributed by atoms with Crippen LogP contribution >= 0.6 is 0 Å². The zero-order chi connectivity index (χ0) is 25.8. The minimum Gasteiger partial charge on any atom is -0.497 e. The lowest BCUT2D eigenvalue weighted by atomic mass is 10.1. The van der Waals surface area contributed by atoms with Crippen LogP contribution in [-0.2, 0) is 11.2 Å². The number of amides is 1. The highest BCUT2D eigenvalue weighted by molar-refractivity contribution is 5.92. The summed E-state index contributed by atoms with van der Waals surface area (Å²) >= 11 is 0. The minimum atomic E-state index is -0.135. The molecule has 0 saturated heterocycles. The summed E-state index contributed by atoms with van der Waals surface area (Å²) < 4.78 is 23.3. The molecule has 0 spiro atoms. The smallest absolute Gasteiger partial charge is 0.224 e. The summed E-state index contributed by atoms with van der Waals surface area (Å²) in [6.07, 6.45) is 0.787. The van der Waals surface area contributed by atoms with Crippen LogP contribution in [0, 0.1) is 13.8 Å². The number of hydrogen-bond donors (Lipinski definition) is 1. The average Bonchev–Trinajstić information content (AvgIpc) is 3.31. The summed E-state index contributed by atoms with van der Waals surface area (Å²) in [5, 5.41) is 7.71. The average molecular weight is 491 g/mol. The maximum absolute atomic E-state index is 12.8. The molecule has 0 atom stereocenters. The molecule has 1 amide bonds. The van der Waals surface area contributed by atoms with Gasteiger partial charge < -0.3 is 24.3 Å². The molecule has 188 valence electrons. The van der Waals surface area contributed by atoms with Gasteiger partial charge in [0.05, 0.1) is 39.8 Å². The minimum absolute atomic E-state index is 0.135. The van der Waals surface area contributed by atoms with Gasteiger partial charge in [0.1, 0.15) is 23.0 Å². The van der Waals surface area contributed by atoms with Crippen molar-refractivity contribution < 1.29 is 23.7 Å². The second-order valence-corrected chi connectivity index (χ2v) is 8.24. The van der Waals surface area contributed by atoms with Crippen LogP contribution in [0.3, 0.4) is 0 Å². The number of nitrogens with zero attached hydrogens (tertiary/aromatic N) is 3. The fourth-order valence-electron chi connectivity index (χ4n) is 4.19. The lowest BCUT2D eigenvalue weighted by Crippen LogP contribution is -2.15. The number of nitrogens with one attached hydrogen (secondary N) is 1. The second kappa shape index (κ2) is 10.6. The van der Waals surface area contributed by atoms with Crippen molar-refractivity contribution in [1.82, 2.24) is 14.6 Å². The van der Waals surface area contributed by atoms with E-state index in [0.717, 1.165) is 33.9 Å². The van der Waals surface area contributed by atoms with Crippen LogP contribution in [0.2, 0.25) is 0 Å². The van der Waals surface area contributed by atoms with E-state index in [1.807, 2.05) is 42.6 Å². The second-order valence-electron chi connectivity index (χ2n) is 8.24. The van der Waals surface area contributed by atoms with Gasteiger partial charge in [-0.25, -0.2) is 9.50 Å². The van der Waals surface area contributed by atoms with Gasteiger partial charge in [0.15, 0.2) is 5.65 Å². The van der Waals surface area contributed by atoms with Crippen LogP contribution in [0.15, 0.2) is 42.5 Å². The van der Waals surface area contributed by atoms with E-state index in [4.69, 9.17) is 29.0 Å². The number of carbonyl (C=O) groups is 1. The molecular formula is C27H30N4O5. The number of hydrogen-bond acceptors (Lipinski definition) is 7. The van der Waals surface area contributed by atoms with Crippen molar-refractivity contribution in [3.8, 4) is 34.3 Å². The Morgan fingerprint density at radius 3 is 2.28 bits per heavy atom. The molecule has 1 N–H and O–H groups in total. The number of ether oxygens (including phenoxy) is 4. The lowest BCUT2D eigenvalue weighted by molar-refractivity contribution is -0.116. The number of fused-ring (bicyclic) bond motifs is 1. The van der Waals surface area contributed by atoms with Gasteiger partial charge in [-0.15, -0.1) is 0 Å². The summed E-state index contributed by atoms with van der Waals surface area (Å²) in [6.45, 7) is 3.94. The number of carbonyl (C=O) groups excluding carboxylic acids is 1. The van der Waals surface area contributed by atoms with Crippen molar-refractivity contribution in [3.05, 3.63) is 59.4 Å². The van der Waals surface area contributed by atoms with Crippen molar-refractivity contribution in [1.29, 1.82) is 0 Å². The largest absolute Gasteiger partial charge is 0.497 e. The van der Waals surface area contributed by atoms with Crippen LogP contribution < -0.4 is 24.3 Å². The zero-order valence-corrected chi connectivity index (χ0v) is 21.3. The first-order valence-corrected chi connectivity index (χ1v) is 11.5. The topological polar surface area (TPSA) is 96.2 Å². The standard InChI is InChI=1S/C27H30N4O5/c1-16-20(10-12-27(32)29-23-13-18(33-3)8-11-24(23)35-5)17(2)31-26(28-16)15-22(30-31)21-9-7-19(34-4)14-25(21)36-6/h7-9,11,13-15H,10,12H2,1-6H3,(H,29,32). The Kier molecular flexibility index (Phi) is 7.28. The molecule has 2 aromatic carbocycles. The Bertz CT molecular complexity index is 1410. The number of aryl methyl sites for hydroxylation is 2. The predicted molar refractivity (Wildman–Crippen MR) is 137 cm³/mol. The van der Waals surface area contributed by atoms with Crippen molar-refractivity contribution in [2.75, 3.05) is 33.8 Å². The summed E-state index contributed by atoms with van der Waals surface area (Å²) in [4.78, 5) is 17.5. The number of benzene rings is 2. The fourth-order valence-corrected chi connectivity index (χ4v) is 4.19. The molecule has 0 fully saturated rings. The molecule has 36 heavy (non-hydrogen) atoms. The summed E-state index contributed by atoms with van der Waals surface area (Å²) in [5.74, 6) is 2.44. The van der Waals surface area contributed by atoms with Gasteiger partial charge in [-0.3, -0.25) is 4.79 Å². The van der Waals surface area contributed by atoms with Crippen LogP contribution in [0.4, 0.5) is 5.69 Å². The van der Waals surface area contributed by atoms with Crippen LogP contribution in [0.5, 0.6) is 23.0 Å². The molecule has 9 nitrogen and oxygen atoms in total. The molecule has 0 aliphatic rings. The molecule has 0 aliphatic heterocycles. The molecule has 4 rings (SSSR count). The summed E-state index contributed by atoms with van der Waals surface area (Å²) in [5.41, 5.74) is 5.65. The maximum atomic E-state index is 12.8. The molecule has 4 aromatic rings. The van der Waals surface area contributed by atoms with Gasteiger partial charge >= 0.3 is 0 Å². The first-order valence-electron chi connectivity index (χ1n) is 11.5. The first-order chi connectivity index (χ1) is 17.4. The SMILES string of the molecule is COc1ccc(OC)c(NC(=O)CCc2c(C)nc3cc(-c4ccc(OC)cc4OC)nn3c2C)c1. The molecule has 0 bridgehead atoms.